The van der Waals surface area contributed by atoms with E-state index in [1.807, 2.05) is 54.6 Å². The van der Waals surface area contributed by atoms with Crippen molar-refractivity contribution in [1.82, 2.24) is 0 Å². The summed E-state index contributed by atoms with van der Waals surface area (Å²) in [4.78, 5) is 0. The predicted molar refractivity (Wildman–Crippen MR) is 169 cm³/mol. The summed E-state index contributed by atoms with van der Waals surface area (Å²) in [5.41, 5.74) is 7.11. The molecule has 3 heteroatoms. The van der Waals surface area contributed by atoms with Gasteiger partial charge in [0.2, 0.25) is 0 Å². The van der Waals surface area contributed by atoms with E-state index in [0.717, 1.165) is 22.8 Å². The van der Waals surface area contributed by atoms with Crippen molar-refractivity contribution in [3.05, 3.63) is 124 Å². The van der Waals surface area contributed by atoms with E-state index in [-0.39, 0.29) is 5.82 Å². The molecule has 0 atom stereocenters. The maximum atomic E-state index is 12.8. The van der Waals surface area contributed by atoms with Crippen molar-refractivity contribution in [1.29, 1.82) is 0 Å². The molecule has 0 saturated carbocycles. The predicted octanol–water partition coefficient (Wildman–Crippen LogP) is 11.3. The number of ether oxygens (including phenoxy) is 2. The van der Waals surface area contributed by atoms with E-state index in [4.69, 9.17) is 9.47 Å². The third-order valence-corrected chi connectivity index (χ3v) is 6.73. The molecule has 0 aliphatic heterocycles. The van der Waals surface area contributed by atoms with Gasteiger partial charge < -0.3 is 9.47 Å². The first-order valence-corrected chi connectivity index (χ1v) is 14.2. The fourth-order valence-corrected chi connectivity index (χ4v) is 4.21. The van der Waals surface area contributed by atoms with Crippen molar-refractivity contribution >= 4 is 0 Å². The topological polar surface area (TPSA) is 18.5 Å². The first-order valence-electron chi connectivity index (χ1n) is 14.2. The average molecular weight is 543 g/mol. The van der Waals surface area contributed by atoms with Gasteiger partial charge in [-0.05, 0) is 102 Å². The lowest BCUT2D eigenvalue weighted by atomic mass is 9.98. The van der Waals surface area contributed by atoms with Crippen molar-refractivity contribution < 1.29 is 13.9 Å². The van der Waals surface area contributed by atoms with Crippen molar-refractivity contribution in [3.8, 4) is 17.2 Å². The van der Waals surface area contributed by atoms with Gasteiger partial charge in [-0.25, -0.2) is 4.39 Å². The smallest absolute Gasteiger partial charge is 0.127 e. The minimum atomic E-state index is -0.116. The van der Waals surface area contributed by atoms with Crippen molar-refractivity contribution in [3.63, 3.8) is 0 Å². The maximum absolute atomic E-state index is 12.8. The van der Waals surface area contributed by atoms with Crippen LogP contribution < -0.4 is 9.47 Å². The van der Waals surface area contributed by atoms with Gasteiger partial charge in [0.1, 0.15) is 23.1 Å². The number of benzene rings is 4. The Morgan fingerprint density at radius 3 is 1.43 bits per heavy atom. The van der Waals surface area contributed by atoms with Gasteiger partial charge in [0, 0.05) is 0 Å². The van der Waals surface area contributed by atoms with Crippen molar-refractivity contribution in [2.24, 2.45) is 0 Å². The van der Waals surface area contributed by atoms with Crippen LogP contribution >= 0.6 is 0 Å². The van der Waals surface area contributed by atoms with Crippen molar-refractivity contribution in [2.75, 3.05) is 7.11 Å². The molecule has 0 bridgehead atoms. The third kappa shape index (κ3) is 10.2. The summed E-state index contributed by atoms with van der Waals surface area (Å²) < 4.78 is 23.8. The lowest BCUT2D eigenvalue weighted by Crippen LogP contribution is -1.95. The lowest BCUT2D eigenvalue weighted by Gasteiger charge is -2.13. The van der Waals surface area contributed by atoms with E-state index in [9.17, 15) is 4.39 Å². The van der Waals surface area contributed by atoms with Crippen LogP contribution in [0.1, 0.15) is 92.7 Å². The zero-order valence-corrected chi connectivity index (χ0v) is 26.0. The van der Waals surface area contributed by atoms with Gasteiger partial charge >= 0.3 is 0 Å². The Labute approximate surface area is 242 Å². The summed E-state index contributed by atoms with van der Waals surface area (Å²) in [5, 5.41) is 0. The lowest BCUT2D eigenvalue weighted by molar-refractivity contribution is 0.408. The molecular weight excluding hydrogens is 495 g/mol. The summed E-state index contributed by atoms with van der Waals surface area (Å²) in [6.45, 7) is 19.0. The molecular formula is C37H47FO2. The number of hydrogen-bond acceptors (Lipinski definition) is 2. The third-order valence-electron chi connectivity index (χ3n) is 6.73. The van der Waals surface area contributed by atoms with Gasteiger partial charge in [0.05, 0.1) is 7.11 Å². The molecule has 0 N–H and O–H groups in total. The van der Waals surface area contributed by atoms with Gasteiger partial charge in [0.15, 0.2) is 0 Å². The summed E-state index contributed by atoms with van der Waals surface area (Å²) in [6, 6.07) is 27.8. The number of para-hydroxylation sites is 1. The van der Waals surface area contributed by atoms with Crippen LogP contribution in [0.2, 0.25) is 0 Å². The molecule has 0 amide bonds. The van der Waals surface area contributed by atoms with Crippen LogP contribution in [0.25, 0.3) is 0 Å². The second-order valence-corrected chi connectivity index (χ2v) is 11.1. The Bertz CT molecular complexity index is 1280. The number of aryl methyl sites for hydroxylation is 3. The second kappa shape index (κ2) is 15.9. The van der Waals surface area contributed by atoms with E-state index >= 15 is 0 Å². The fraction of sp³-hybridized carbons (Fsp3) is 0.351. The molecule has 0 aliphatic carbocycles. The highest BCUT2D eigenvalue weighted by molar-refractivity contribution is 5.44. The van der Waals surface area contributed by atoms with Crippen LogP contribution in [0, 0.1) is 26.6 Å². The number of hydrogen-bond donors (Lipinski definition) is 0. The molecule has 40 heavy (non-hydrogen) atoms. The minimum Gasteiger partial charge on any atom is -0.496 e. The highest BCUT2D eigenvalue weighted by Gasteiger charge is 2.07. The van der Waals surface area contributed by atoms with Gasteiger partial charge in [0.25, 0.3) is 0 Å². The largest absolute Gasteiger partial charge is 0.496 e. The minimum absolute atomic E-state index is 0.116. The standard InChI is InChI=1S/C15H16O.C12H18O.C10H13F/c1-12(2)13-8-10-15(11-9-13)16-14-6-4-3-5-7-14;1-8(2)11-6-9(3)12(13-5)10(4)7-11;1-7(2)9-4-5-10(11)8(3)6-9/h3-12H,1-2H3;6-8H,1-5H3;4-7H,1-3H3. The van der Waals surface area contributed by atoms with E-state index in [1.54, 1.807) is 14.0 Å². The second-order valence-electron chi connectivity index (χ2n) is 11.1. The molecule has 0 saturated heterocycles. The average Bonchev–Trinajstić information content (AvgIpc) is 2.91. The van der Waals surface area contributed by atoms with Gasteiger partial charge in [-0.1, -0.05) is 96.1 Å². The SMILES string of the molecule is CC(C)c1ccc(Oc2ccccc2)cc1.COc1c(C)cc(C(C)C)cc1C.Cc1cc(C(C)C)ccc1F. The molecule has 4 aromatic rings. The molecule has 0 aliphatic rings. The van der Waals surface area contributed by atoms with E-state index in [1.165, 1.54) is 33.9 Å². The molecule has 4 aromatic carbocycles. The first kappa shape index (κ1) is 32.6. The number of methoxy groups -OCH3 is 1. The zero-order valence-electron chi connectivity index (χ0n) is 26.0. The molecule has 0 aromatic heterocycles. The van der Waals surface area contributed by atoms with Crippen LogP contribution in [0.4, 0.5) is 4.39 Å². The Morgan fingerprint density at radius 1 is 0.525 bits per heavy atom. The number of halogens is 1. The zero-order chi connectivity index (χ0) is 29.8. The van der Waals surface area contributed by atoms with E-state index < -0.39 is 0 Å². The Morgan fingerprint density at radius 2 is 0.975 bits per heavy atom. The highest BCUT2D eigenvalue weighted by Crippen LogP contribution is 2.27. The molecule has 4 rings (SSSR count). The molecule has 0 fully saturated rings. The van der Waals surface area contributed by atoms with Crippen LogP contribution in [0.3, 0.4) is 0 Å². The molecule has 2 nitrogen and oxygen atoms in total. The fourth-order valence-electron chi connectivity index (χ4n) is 4.21. The Balaban J connectivity index is 0.000000214. The van der Waals surface area contributed by atoms with Crippen LogP contribution in [-0.4, -0.2) is 7.11 Å². The van der Waals surface area contributed by atoms with Gasteiger partial charge in [-0.3, -0.25) is 0 Å². The Kier molecular flexibility index (Phi) is 12.9. The summed E-state index contributed by atoms with van der Waals surface area (Å²) in [7, 11) is 1.73. The van der Waals surface area contributed by atoms with Gasteiger partial charge in [-0.2, -0.15) is 0 Å². The summed E-state index contributed by atoms with van der Waals surface area (Å²) in [6.07, 6.45) is 0. The van der Waals surface area contributed by atoms with Crippen LogP contribution in [0.5, 0.6) is 17.2 Å². The monoisotopic (exact) mass is 542 g/mol. The summed E-state index contributed by atoms with van der Waals surface area (Å²) >= 11 is 0. The Hall–Kier alpha value is -3.59. The first-order chi connectivity index (χ1) is 18.9. The molecule has 0 heterocycles. The quantitative estimate of drug-likeness (QED) is 0.241. The molecule has 214 valence electrons. The van der Waals surface area contributed by atoms with E-state index in [0.29, 0.717) is 17.8 Å². The van der Waals surface area contributed by atoms with Crippen molar-refractivity contribution in [2.45, 2.75) is 80.1 Å². The van der Waals surface area contributed by atoms with Gasteiger partial charge in [-0.15, -0.1) is 0 Å². The van der Waals surface area contributed by atoms with E-state index in [2.05, 4.69) is 79.7 Å². The number of rotatable bonds is 6. The molecule has 0 unspecified atom stereocenters. The van der Waals surface area contributed by atoms with Crippen LogP contribution in [0.15, 0.2) is 84.9 Å². The highest BCUT2D eigenvalue weighted by atomic mass is 19.1. The molecule has 0 spiro atoms. The molecule has 0 radical (unpaired) electrons. The van der Waals surface area contributed by atoms with Crippen LogP contribution in [-0.2, 0) is 0 Å². The summed E-state index contributed by atoms with van der Waals surface area (Å²) in [5.74, 6) is 4.29. The normalized spacial score (nSPS) is 10.6. The maximum Gasteiger partial charge on any atom is 0.127 e.